The summed E-state index contributed by atoms with van der Waals surface area (Å²) in [7, 11) is 1.86. The Hall–Kier alpha value is -2.87. The molecule has 0 fully saturated rings. The summed E-state index contributed by atoms with van der Waals surface area (Å²) >= 11 is 0. The van der Waals surface area contributed by atoms with Crippen LogP contribution in [0.5, 0.6) is 0 Å². The highest BCUT2D eigenvalue weighted by Gasteiger charge is 2.12. The number of imidazole rings is 1. The monoisotopic (exact) mass is 250 g/mol. The minimum Gasteiger partial charge on any atom is -0.326 e. The second-order valence-electron chi connectivity index (χ2n) is 4.21. The average molecular weight is 250 g/mol. The zero-order chi connectivity index (χ0) is 13.4. The maximum atomic E-state index is 11.4. The minimum atomic E-state index is -0.176. The predicted octanol–water partition coefficient (Wildman–Crippen LogP) is 1.80. The molecular formula is C14H10N4O. The van der Waals surface area contributed by atoms with Crippen molar-refractivity contribution in [1.29, 1.82) is 5.26 Å². The molecule has 19 heavy (non-hydrogen) atoms. The summed E-state index contributed by atoms with van der Waals surface area (Å²) in [6, 6.07) is 12.5. The number of aromatic amines is 1. The van der Waals surface area contributed by atoms with E-state index in [9.17, 15) is 4.79 Å². The van der Waals surface area contributed by atoms with Crippen LogP contribution in [-0.4, -0.2) is 14.5 Å². The van der Waals surface area contributed by atoms with Crippen molar-refractivity contribution in [2.75, 3.05) is 0 Å². The summed E-state index contributed by atoms with van der Waals surface area (Å²) in [6.45, 7) is 0. The number of hydrogen-bond donors (Lipinski definition) is 1. The molecule has 92 valence electrons. The van der Waals surface area contributed by atoms with Crippen molar-refractivity contribution in [3.05, 3.63) is 52.3 Å². The van der Waals surface area contributed by atoms with Gasteiger partial charge in [-0.3, -0.25) is 4.79 Å². The van der Waals surface area contributed by atoms with E-state index >= 15 is 0 Å². The Labute approximate surface area is 108 Å². The molecule has 0 aliphatic heterocycles. The molecule has 2 heterocycles. The highest BCUT2D eigenvalue weighted by Crippen LogP contribution is 2.23. The Bertz CT molecular complexity index is 867. The number of pyridine rings is 1. The molecule has 2 aromatic heterocycles. The van der Waals surface area contributed by atoms with Crippen molar-refractivity contribution >= 4 is 11.0 Å². The van der Waals surface area contributed by atoms with Gasteiger partial charge in [0.2, 0.25) is 5.56 Å². The minimum absolute atomic E-state index is 0.176. The van der Waals surface area contributed by atoms with E-state index in [-0.39, 0.29) is 5.56 Å². The third kappa shape index (κ3) is 1.70. The lowest BCUT2D eigenvalue weighted by molar-refractivity contribution is 0.948. The summed E-state index contributed by atoms with van der Waals surface area (Å²) in [5.41, 5.74) is 2.49. The highest BCUT2D eigenvalue weighted by molar-refractivity contribution is 5.85. The molecule has 5 nitrogen and oxygen atoms in total. The summed E-state index contributed by atoms with van der Waals surface area (Å²) in [5, 5.41) is 9.09. The second-order valence-corrected chi connectivity index (χ2v) is 4.21. The zero-order valence-corrected chi connectivity index (χ0v) is 10.2. The lowest BCUT2D eigenvalue weighted by Gasteiger charge is -2.01. The first-order valence-electron chi connectivity index (χ1n) is 5.76. The standard InChI is InChI=1S/C14H10N4O/c1-18-11-6-2-4-9(8-15)13(11)17-14(18)10-5-3-7-12(19)16-10/h2-7H,1H3,(H,16,19). The van der Waals surface area contributed by atoms with E-state index in [1.54, 1.807) is 18.2 Å². The third-order valence-electron chi connectivity index (χ3n) is 3.04. The fourth-order valence-electron chi connectivity index (χ4n) is 2.12. The normalized spacial score (nSPS) is 10.5. The van der Waals surface area contributed by atoms with Crippen LogP contribution in [0.3, 0.4) is 0 Å². The molecule has 0 atom stereocenters. The van der Waals surface area contributed by atoms with E-state index in [0.29, 0.717) is 22.6 Å². The Morgan fingerprint density at radius 1 is 1.26 bits per heavy atom. The maximum absolute atomic E-state index is 11.4. The summed E-state index contributed by atoms with van der Waals surface area (Å²) in [6.07, 6.45) is 0. The molecule has 1 N–H and O–H groups in total. The van der Waals surface area contributed by atoms with Crippen molar-refractivity contribution < 1.29 is 0 Å². The van der Waals surface area contributed by atoms with Crippen LogP contribution in [0.4, 0.5) is 0 Å². The lowest BCUT2D eigenvalue weighted by Crippen LogP contribution is -2.05. The number of H-pyrrole nitrogens is 1. The van der Waals surface area contributed by atoms with Crippen LogP contribution < -0.4 is 5.56 Å². The molecular weight excluding hydrogens is 240 g/mol. The smallest absolute Gasteiger partial charge is 0.248 e. The van der Waals surface area contributed by atoms with E-state index in [1.807, 2.05) is 23.7 Å². The number of aryl methyl sites for hydroxylation is 1. The Morgan fingerprint density at radius 3 is 2.79 bits per heavy atom. The predicted molar refractivity (Wildman–Crippen MR) is 71.5 cm³/mol. The number of hydrogen-bond acceptors (Lipinski definition) is 3. The van der Waals surface area contributed by atoms with E-state index in [4.69, 9.17) is 5.26 Å². The zero-order valence-electron chi connectivity index (χ0n) is 10.2. The summed E-state index contributed by atoms with van der Waals surface area (Å²) in [5.74, 6) is 0.635. The molecule has 0 saturated carbocycles. The SMILES string of the molecule is Cn1c(-c2cccc(=O)[nH]2)nc2c(C#N)cccc21. The van der Waals surface area contributed by atoms with E-state index < -0.39 is 0 Å². The van der Waals surface area contributed by atoms with Crippen molar-refractivity contribution in [3.8, 4) is 17.6 Å². The van der Waals surface area contributed by atoms with Gasteiger partial charge in [0.05, 0.1) is 16.8 Å². The number of benzene rings is 1. The summed E-state index contributed by atoms with van der Waals surface area (Å²) < 4.78 is 1.86. The van der Waals surface area contributed by atoms with Gasteiger partial charge in [0.25, 0.3) is 0 Å². The van der Waals surface area contributed by atoms with Crippen LogP contribution >= 0.6 is 0 Å². The largest absolute Gasteiger partial charge is 0.326 e. The topological polar surface area (TPSA) is 74.5 Å². The molecule has 0 bridgehead atoms. The van der Waals surface area contributed by atoms with Gasteiger partial charge in [-0.15, -0.1) is 0 Å². The molecule has 3 rings (SSSR count). The van der Waals surface area contributed by atoms with Crippen LogP contribution in [0.2, 0.25) is 0 Å². The highest BCUT2D eigenvalue weighted by atomic mass is 16.1. The molecule has 0 unspecified atom stereocenters. The molecule has 0 radical (unpaired) electrons. The Morgan fingerprint density at radius 2 is 2.05 bits per heavy atom. The molecule has 0 aliphatic rings. The van der Waals surface area contributed by atoms with E-state index in [2.05, 4.69) is 16.0 Å². The van der Waals surface area contributed by atoms with Crippen LogP contribution in [0.25, 0.3) is 22.6 Å². The first kappa shape index (κ1) is 11.2. The van der Waals surface area contributed by atoms with E-state index in [0.717, 1.165) is 5.52 Å². The van der Waals surface area contributed by atoms with Crippen molar-refractivity contribution in [1.82, 2.24) is 14.5 Å². The first-order valence-corrected chi connectivity index (χ1v) is 5.76. The fraction of sp³-hybridized carbons (Fsp3) is 0.0714. The first-order chi connectivity index (χ1) is 9.20. The van der Waals surface area contributed by atoms with Crippen LogP contribution in [-0.2, 0) is 7.05 Å². The number of para-hydroxylation sites is 1. The number of nitrogens with zero attached hydrogens (tertiary/aromatic N) is 3. The van der Waals surface area contributed by atoms with Gasteiger partial charge in [-0.1, -0.05) is 12.1 Å². The third-order valence-corrected chi connectivity index (χ3v) is 3.04. The van der Waals surface area contributed by atoms with Crippen molar-refractivity contribution in [2.45, 2.75) is 0 Å². The molecule has 0 spiro atoms. The molecule has 0 aliphatic carbocycles. The molecule has 1 aromatic carbocycles. The quantitative estimate of drug-likeness (QED) is 0.715. The van der Waals surface area contributed by atoms with E-state index in [1.165, 1.54) is 6.07 Å². The second kappa shape index (κ2) is 4.10. The Balaban J connectivity index is 2.35. The molecule has 5 heteroatoms. The number of nitriles is 1. The van der Waals surface area contributed by atoms with Gasteiger partial charge < -0.3 is 9.55 Å². The molecule has 0 saturated heterocycles. The van der Waals surface area contributed by atoms with Crippen molar-refractivity contribution in [2.24, 2.45) is 7.05 Å². The van der Waals surface area contributed by atoms with Gasteiger partial charge in [-0.25, -0.2) is 4.98 Å². The van der Waals surface area contributed by atoms with Crippen LogP contribution in [0, 0.1) is 11.3 Å². The number of aromatic nitrogens is 3. The van der Waals surface area contributed by atoms with Crippen molar-refractivity contribution in [3.63, 3.8) is 0 Å². The maximum Gasteiger partial charge on any atom is 0.248 e. The number of nitrogens with one attached hydrogen (secondary N) is 1. The van der Waals surface area contributed by atoms with Gasteiger partial charge in [0.1, 0.15) is 11.6 Å². The average Bonchev–Trinajstić information content (AvgIpc) is 2.76. The van der Waals surface area contributed by atoms with Gasteiger partial charge in [-0.05, 0) is 18.2 Å². The number of fused-ring (bicyclic) bond motifs is 1. The van der Waals surface area contributed by atoms with Gasteiger partial charge in [0.15, 0.2) is 5.82 Å². The fourth-order valence-corrected chi connectivity index (χ4v) is 2.12. The number of rotatable bonds is 1. The molecule has 3 aromatic rings. The van der Waals surface area contributed by atoms with Gasteiger partial charge in [-0.2, -0.15) is 5.26 Å². The summed E-state index contributed by atoms with van der Waals surface area (Å²) in [4.78, 5) is 18.6. The Kier molecular flexibility index (Phi) is 2.43. The van der Waals surface area contributed by atoms with Crippen LogP contribution in [0.15, 0.2) is 41.2 Å². The van der Waals surface area contributed by atoms with Gasteiger partial charge >= 0.3 is 0 Å². The lowest BCUT2D eigenvalue weighted by atomic mass is 10.2. The van der Waals surface area contributed by atoms with Crippen LogP contribution in [0.1, 0.15) is 5.56 Å². The van der Waals surface area contributed by atoms with Gasteiger partial charge in [0, 0.05) is 13.1 Å². The molecule has 0 amide bonds.